The quantitative estimate of drug-likeness (QED) is 0.352. The summed E-state index contributed by atoms with van der Waals surface area (Å²) in [5, 5.41) is 7.02. The summed E-state index contributed by atoms with van der Waals surface area (Å²) in [6.07, 6.45) is 15.4. The molecule has 1 unspecified atom stereocenters. The van der Waals surface area contributed by atoms with Crippen LogP contribution in [0.15, 0.2) is 61.1 Å². The molecular formula is C29H33N5OS. The highest BCUT2D eigenvalue weighted by Gasteiger charge is 2.22. The largest absolute Gasteiger partial charge is 0.495 e. The maximum Gasteiger partial charge on any atom is 0.141 e. The maximum atomic E-state index is 5.40. The summed E-state index contributed by atoms with van der Waals surface area (Å²) in [7, 11) is 1.65. The second-order valence-electron chi connectivity index (χ2n) is 9.09. The molecular weight excluding hydrogens is 466 g/mol. The molecule has 6 nitrogen and oxygen atoms in total. The van der Waals surface area contributed by atoms with Crippen LogP contribution in [0.25, 0.3) is 23.0 Å². The Labute approximate surface area is 218 Å². The Morgan fingerprint density at radius 1 is 1.22 bits per heavy atom. The van der Waals surface area contributed by atoms with E-state index in [1.54, 1.807) is 13.3 Å². The number of hydrogen-bond donors (Lipinski definition) is 2. The number of allylic oxidation sites excluding steroid dienone is 1. The molecule has 0 radical (unpaired) electrons. The van der Waals surface area contributed by atoms with E-state index in [-0.39, 0.29) is 0 Å². The van der Waals surface area contributed by atoms with Gasteiger partial charge in [-0.05, 0) is 72.9 Å². The fourth-order valence-electron chi connectivity index (χ4n) is 4.90. The smallest absolute Gasteiger partial charge is 0.141 e. The topological polar surface area (TPSA) is 62.3 Å². The molecule has 1 saturated heterocycles. The van der Waals surface area contributed by atoms with E-state index < -0.39 is 0 Å². The molecule has 0 spiro atoms. The van der Waals surface area contributed by atoms with Crippen molar-refractivity contribution in [2.45, 2.75) is 32.1 Å². The minimum absolute atomic E-state index is 0.587. The molecule has 1 atom stereocenters. The molecule has 186 valence electrons. The molecule has 0 amide bonds. The van der Waals surface area contributed by atoms with E-state index in [9.17, 15) is 0 Å². The number of ether oxygens (including phenoxy) is 1. The second kappa shape index (κ2) is 11.2. The molecule has 0 saturated carbocycles. The highest BCUT2D eigenvalue weighted by atomic mass is 32.2. The van der Waals surface area contributed by atoms with Crippen molar-refractivity contribution >= 4 is 35.2 Å². The van der Waals surface area contributed by atoms with E-state index in [0.29, 0.717) is 11.7 Å². The Morgan fingerprint density at radius 3 is 2.86 bits per heavy atom. The number of benzene rings is 1. The lowest BCUT2D eigenvalue weighted by molar-refractivity contribution is 0.343. The van der Waals surface area contributed by atoms with Crippen molar-refractivity contribution in [2.24, 2.45) is 0 Å². The maximum absolute atomic E-state index is 5.40. The minimum Gasteiger partial charge on any atom is -0.495 e. The van der Waals surface area contributed by atoms with Crippen LogP contribution in [-0.4, -0.2) is 40.7 Å². The number of anilines is 2. The van der Waals surface area contributed by atoms with E-state index in [1.165, 1.54) is 24.9 Å². The van der Waals surface area contributed by atoms with Crippen LogP contribution < -0.4 is 15.4 Å². The number of aromatic nitrogens is 2. The van der Waals surface area contributed by atoms with Crippen molar-refractivity contribution in [1.29, 1.82) is 0 Å². The summed E-state index contributed by atoms with van der Waals surface area (Å²) in [6.45, 7) is 4.44. The van der Waals surface area contributed by atoms with Crippen LogP contribution in [0.3, 0.4) is 0 Å². The van der Waals surface area contributed by atoms with Crippen molar-refractivity contribution in [3.63, 3.8) is 0 Å². The van der Waals surface area contributed by atoms with Crippen LogP contribution >= 0.6 is 11.9 Å². The predicted molar refractivity (Wildman–Crippen MR) is 151 cm³/mol. The summed E-state index contributed by atoms with van der Waals surface area (Å²) in [5.74, 6) is 2.12. The Bertz CT molecular complexity index is 1270. The molecule has 4 heterocycles. The number of rotatable bonds is 7. The molecule has 2 aliphatic rings. The molecule has 0 bridgehead atoms. The van der Waals surface area contributed by atoms with Crippen molar-refractivity contribution in [3.05, 3.63) is 77.8 Å². The number of nitrogens with zero attached hydrogens (tertiary/aromatic N) is 3. The van der Waals surface area contributed by atoms with Crippen LogP contribution in [0.5, 0.6) is 5.75 Å². The van der Waals surface area contributed by atoms with Crippen LogP contribution in [0.1, 0.15) is 48.8 Å². The zero-order chi connectivity index (χ0) is 24.9. The summed E-state index contributed by atoms with van der Waals surface area (Å²) in [6, 6.07) is 13.0. The van der Waals surface area contributed by atoms with Gasteiger partial charge in [0.15, 0.2) is 0 Å². The molecule has 1 fully saturated rings. The van der Waals surface area contributed by atoms with Gasteiger partial charge < -0.3 is 15.4 Å². The standard InChI is InChI=1S/C29H33N5OS/c1-4-6-26-28-21(12-13-31-26)16-27(23-15-25(35-2)18-30-17-23)33-29(28)32-24-10-8-20(9-11-24)22-7-5-14-34(19-22)36-3/h6,8-13,15-18,22,31H,4-5,7,14,19H2,1-3H3,(H,32,33)/b26-6-. The number of fused-ring (bicyclic) bond motifs is 1. The first-order valence-corrected chi connectivity index (χ1v) is 13.7. The number of pyridine rings is 2. The highest BCUT2D eigenvalue weighted by Crippen LogP contribution is 2.36. The van der Waals surface area contributed by atoms with Crippen molar-refractivity contribution in [1.82, 2.24) is 19.6 Å². The fraction of sp³-hybridized carbons (Fsp3) is 0.310. The number of piperidine rings is 1. The normalized spacial score (nSPS) is 18.5. The predicted octanol–water partition coefficient (Wildman–Crippen LogP) is 6.68. The summed E-state index contributed by atoms with van der Waals surface area (Å²) >= 11 is 1.85. The van der Waals surface area contributed by atoms with Crippen LogP contribution in [-0.2, 0) is 0 Å². The van der Waals surface area contributed by atoms with Gasteiger partial charge in [-0.3, -0.25) is 9.29 Å². The van der Waals surface area contributed by atoms with Crippen LogP contribution in [0.4, 0.5) is 11.5 Å². The first kappa shape index (κ1) is 24.4. The van der Waals surface area contributed by atoms with Gasteiger partial charge in [0.2, 0.25) is 0 Å². The molecule has 2 aromatic heterocycles. The van der Waals surface area contributed by atoms with E-state index >= 15 is 0 Å². The monoisotopic (exact) mass is 499 g/mol. The van der Waals surface area contributed by atoms with Gasteiger partial charge in [-0.25, -0.2) is 4.98 Å². The SMILES string of the molecule is CC/C=C1\NC=Cc2cc(-c3cncc(OC)c3)nc(Nc3ccc(C4CCCN(SC)C4)cc3)c21. The number of methoxy groups -OCH3 is 1. The highest BCUT2D eigenvalue weighted by molar-refractivity contribution is 7.96. The Morgan fingerprint density at radius 2 is 2.08 bits per heavy atom. The summed E-state index contributed by atoms with van der Waals surface area (Å²) < 4.78 is 7.87. The Hall–Kier alpha value is -3.29. The van der Waals surface area contributed by atoms with Gasteiger partial charge in [0.05, 0.1) is 19.0 Å². The lowest BCUT2D eigenvalue weighted by Crippen LogP contribution is -2.28. The molecule has 1 aromatic carbocycles. The third kappa shape index (κ3) is 5.27. The number of nitrogens with one attached hydrogen (secondary N) is 2. The van der Waals surface area contributed by atoms with Crippen molar-refractivity contribution in [2.75, 3.05) is 31.8 Å². The van der Waals surface area contributed by atoms with Gasteiger partial charge in [-0.2, -0.15) is 0 Å². The van der Waals surface area contributed by atoms with E-state index in [2.05, 4.69) is 75.6 Å². The van der Waals surface area contributed by atoms with Crippen LogP contribution in [0.2, 0.25) is 0 Å². The number of hydrogen-bond acceptors (Lipinski definition) is 7. The molecule has 3 aromatic rings. The van der Waals surface area contributed by atoms with E-state index in [4.69, 9.17) is 9.72 Å². The lowest BCUT2D eigenvalue weighted by Gasteiger charge is -2.31. The first-order valence-electron chi connectivity index (χ1n) is 12.5. The summed E-state index contributed by atoms with van der Waals surface area (Å²) in [4.78, 5) is 9.40. The molecule has 0 aliphatic carbocycles. The molecule has 2 aliphatic heterocycles. The Balaban J connectivity index is 1.49. The third-order valence-electron chi connectivity index (χ3n) is 6.76. The van der Waals surface area contributed by atoms with E-state index in [1.807, 2.05) is 30.4 Å². The van der Waals surface area contributed by atoms with Gasteiger partial charge in [-0.15, -0.1) is 0 Å². The van der Waals surface area contributed by atoms with E-state index in [0.717, 1.165) is 52.6 Å². The zero-order valence-corrected chi connectivity index (χ0v) is 21.9. The first-order chi connectivity index (χ1) is 17.7. The van der Waals surface area contributed by atoms with Gasteiger partial charge in [0, 0.05) is 48.0 Å². The average Bonchev–Trinajstić information content (AvgIpc) is 2.93. The van der Waals surface area contributed by atoms with Gasteiger partial charge in [0.25, 0.3) is 0 Å². The van der Waals surface area contributed by atoms with Gasteiger partial charge >= 0.3 is 0 Å². The third-order valence-corrected chi connectivity index (χ3v) is 7.61. The second-order valence-corrected chi connectivity index (χ2v) is 9.98. The summed E-state index contributed by atoms with van der Waals surface area (Å²) in [5.41, 5.74) is 7.45. The molecule has 36 heavy (non-hydrogen) atoms. The zero-order valence-electron chi connectivity index (χ0n) is 21.1. The van der Waals surface area contributed by atoms with Crippen molar-refractivity contribution in [3.8, 4) is 17.0 Å². The molecule has 7 heteroatoms. The molecule has 5 rings (SSSR count). The Kier molecular flexibility index (Phi) is 7.58. The van der Waals surface area contributed by atoms with Gasteiger partial charge in [0.1, 0.15) is 11.6 Å². The van der Waals surface area contributed by atoms with Gasteiger partial charge in [-0.1, -0.05) is 37.1 Å². The minimum atomic E-state index is 0.587. The average molecular weight is 500 g/mol. The fourth-order valence-corrected chi connectivity index (χ4v) is 5.54. The van der Waals surface area contributed by atoms with Crippen molar-refractivity contribution < 1.29 is 4.74 Å². The van der Waals surface area contributed by atoms with Crippen LogP contribution in [0, 0.1) is 0 Å². The lowest BCUT2D eigenvalue weighted by atomic mass is 9.91. The molecule has 2 N–H and O–H groups in total.